The van der Waals surface area contributed by atoms with Gasteiger partial charge in [0.1, 0.15) is 18.4 Å². The van der Waals surface area contributed by atoms with E-state index in [1.807, 2.05) is 43.3 Å². The van der Waals surface area contributed by atoms with E-state index in [0.717, 1.165) is 22.5 Å². The fourth-order valence-corrected chi connectivity index (χ4v) is 3.12. The van der Waals surface area contributed by atoms with Gasteiger partial charge in [-0.2, -0.15) is 0 Å². The van der Waals surface area contributed by atoms with Gasteiger partial charge in [-0.15, -0.1) is 0 Å². The molecule has 0 spiro atoms. The van der Waals surface area contributed by atoms with Crippen molar-refractivity contribution in [3.63, 3.8) is 0 Å². The Hall–Kier alpha value is -4.14. The molecule has 0 aliphatic heterocycles. The van der Waals surface area contributed by atoms with Crippen molar-refractivity contribution < 1.29 is 28.4 Å². The zero-order valence-corrected chi connectivity index (χ0v) is 18.4. The smallest absolute Gasteiger partial charge is 0.408 e. The highest BCUT2D eigenvalue weighted by Crippen LogP contribution is 2.24. The van der Waals surface area contributed by atoms with Crippen molar-refractivity contribution in [3.8, 4) is 11.1 Å². The molecule has 0 saturated carbocycles. The van der Waals surface area contributed by atoms with E-state index < -0.39 is 24.0 Å². The predicted molar refractivity (Wildman–Crippen MR) is 119 cm³/mol. The van der Waals surface area contributed by atoms with E-state index in [9.17, 15) is 14.4 Å². The lowest BCUT2D eigenvalue weighted by molar-refractivity contribution is -0.142. The highest BCUT2D eigenvalue weighted by atomic mass is 16.6. The first kappa shape index (κ1) is 23.5. The Balaban J connectivity index is 1.60. The second kappa shape index (κ2) is 11.5. The summed E-state index contributed by atoms with van der Waals surface area (Å²) in [6.07, 6.45) is 1.47. The molecule has 0 aliphatic carbocycles. The molecule has 1 aromatic heterocycles. The van der Waals surface area contributed by atoms with E-state index in [1.54, 1.807) is 24.4 Å². The largest absolute Gasteiger partial charge is 0.467 e. The molecule has 0 aliphatic rings. The first-order valence-electron chi connectivity index (χ1n) is 10.4. The molecule has 33 heavy (non-hydrogen) atoms. The van der Waals surface area contributed by atoms with E-state index >= 15 is 0 Å². The lowest BCUT2D eigenvalue weighted by Crippen LogP contribution is -2.49. The quantitative estimate of drug-likeness (QED) is 0.480. The highest BCUT2D eigenvalue weighted by molar-refractivity contribution is 5.96. The minimum atomic E-state index is -1.12. The Morgan fingerprint density at radius 1 is 1.09 bits per heavy atom. The number of hydrogen-bond donors (Lipinski definition) is 2. The Morgan fingerprint density at radius 2 is 1.88 bits per heavy atom. The Bertz CT molecular complexity index is 1100. The molecule has 0 bridgehead atoms. The number of nitrogens with one attached hydrogen (secondary N) is 2. The lowest BCUT2D eigenvalue weighted by atomic mass is 10.0. The van der Waals surface area contributed by atoms with Crippen LogP contribution in [0.25, 0.3) is 11.1 Å². The van der Waals surface area contributed by atoms with E-state index in [4.69, 9.17) is 14.0 Å². The number of amides is 2. The van der Waals surface area contributed by atoms with Gasteiger partial charge in [0, 0.05) is 24.1 Å². The first-order chi connectivity index (χ1) is 16.0. The predicted octanol–water partition coefficient (Wildman–Crippen LogP) is 3.10. The third kappa shape index (κ3) is 6.42. The number of carbonyl (C=O) groups excluding carboxylic acids is 3. The fourth-order valence-electron chi connectivity index (χ4n) is 3.12. The fraction of sp³-hybridized carbons (Fsp3) is 0.250. The number of ether oxygens (including phenoxy) is 2. The summed E-state index contributed by atoms with van der Waals surface area (Å²) < 4.78 is 15.1. The number of methoxy groups -OCH3 is 1. The second-order valence-corrected chi connectivity index (χ2v) is 7.09. The molecule has 2 amide bonds. The minimum absolute atomic E-state index is 0.0440. The molecule has 9 heteroatoms. The van der Waals surface area contributed by atoms with Crippen LogP contribution in [0.1, 0.15) is 28.6 Å². The van der Waals surface area contributed by atoms with Gasteiger partial charge in [0.05, 0.1) is 13.3 Å². The minimum Gasteiger partial charge on any atom is -0.467 e. The average molecular weight is 451 g/mol. The molecule has 1 heterocycles. The summed E-state index contributed by atoms with van der Waals surface area (Å²) >= 11 is 0. The number of carbonyl (C=O) groups is 3. The molecule has 9 nitrogen and oxygen atoms in total. The van der Waals surface area contributed by atoms with Crippen LogP contribution in [-0.4, -0.2) is 42.8 Å². The summed E-state index contributed by atoms with van der Waals surface area (Å²) in [6.45, 7) is 1.82. The standard InChI is InChI=1S/C24H25N3O6/c1-3-21-19(13-26-33-21)17-10-7-11-18(12-17)22(28)25-14-20(23(29)31-2)27-24(30)32-15-16-8-5-4-6-9-16/h4-13,20H,3,14-15H2,1-2H3,(H,25,28)(H,27,30)/t20-/m1/s1. The maximum Gasteiger partial charge on any atom is 0.408 e. The number of esters is 1. The van der Waals surface area contributed by atoms with Crippen LogP contribution in [0.15, 0.2) is 65.3 Å². The van der Waals surface area contributed by atoms with Crippen molar-refractivity contribution in [1.82, 2.24) is 15.8 Å². The Kier molecular flexibility index (Phi) is 8.18. The molecule has 172 valence electrons. The molecule has 2 aromatic carbocycles. The molecule has 2 N–H and O–H groups in total. The normalized spacial score (nSPS) is 11.3. The van der Waals surface area contributed by atoms with Crippen molar-refractivity contribution in [1.29, 1.82) is 0 Å². The number of nitrogens with zero attached hydrogens (tertiary/aromatic N) is 1. The van der Waals surface area contributed by atoms with Crippen LogP contribution in [-0.2, 0) is 27.3 Å². The topological polar surface area (TPSA) is 120 Å². The SMILES string of the molecule is CCc1oncc1-c1cccc(C(=O)NC[C@@H](NC(=O)OCc2ccccc2)C(=O)OC)c1. The molecule has 0 fully saturated rings. The monoisotopic (exact) mass is 451 g/mol. The number of rotatable bonds is 9. The maximum absolute atomic E-state index is 12.7. The third-order valence-corrected chi connectivity index (χ3v) is 4.86. The molecular weight excluding hydrogens is 426 g/mol. The van der Waals surface area contributed by atoms with Crippen molar-refractivity contribution in [3.05, 3.63) is 77.7 Å². The highest BCUT2D eigenvalue weighted by Gasteiger charge is 2.23. The summed E-state index contributed by atoms with van der Waals surface area (Å²) in [5.41, 5.74) is 2.77. The van der Waals surface area contributed by atoms with Gasteiger partial charge < -0.3 is 24.6 Å². The van der Waals surface area contributed by atoms with Crippen LogP contribution in [0.4, 0.5) is 4.79 Å². The maximum atomic E-state index is 12.7. The summed E-state index contributed by atoms with van der Waals surface area (Å²) in [5.74, 6) is -0.408. The van der Waals surface area contributed by atoms with Crippen LogP contribution >= 0.6 is 0 Å². The Morgan fingerprint density at radius 3 is 2.61 bits per heavy atom. The van der Waals surface area contributed by atoms with Crippen LogP contribution in [0.3, 0.4) is 0 Å². The summed E-state index contributed by atoms with van der Waals surface area (Å²) in [6, 6.07) is 14.9. The number of alkyl carbamates (subject to hydrolysis) is 1. The van der Waals surface area contributed by atoms with Crippen molar-refractivity contribution in [2.75, 3.05) is 13.7 Å². The van der Waals surface area contributed by atoms with E-state index in [-0.39, 0.29) is 13.2 Å². The first-order valence-corrected chi connectivity index (χ1v) is 10.4. The van der Waals surface area contributed by atoms with Gasteiger partial charge in [0.25, 0.3) is 5.91 Å². The zero-order valence-electron chi connectivity index (χ0n) is 18.4. The average Bonchev–Trinajstić information content (AvgIpc) is 3.34. The second-order valence-electron chi connectivity index (χ2n) is 7.09. The van der Waals surface area contributed by atoms with Crippen LogP contribution in [0, 0.1) is 0 Å². The number of hydrogen-bond acceptors (Lipinski definition) is 7. The van der Waals surface area contributed by atoms with E-state index in [0.29, 0.717) is 12.0 Å². The zero-order chi connectivity index (χ0) is 23.6. The third-order valence-electron chi connectivity index (χ3n) is 4.86. The molecule has 1 atom stereocenters. The molecule has 0 radical (unpaired) electrons. The van der Waals surface area contributed by atoms with Crippen LogP contribution in [0.2, 0.25) is 0 Å². The number of aromatic nitrogens is 1. The molecule has 3 rings (SSSR count). The van der Waals surface area contributed by atoms with Gasteiger partial charge in [-0.3, -0.25) is 4.79 Å². The van der Waals surface area contributed by atoms with Gasteiger partial charge in [0.2, 0.25) is 0 Å². The summed E-state index contributed by atoms with van der Waals surface area (Å²) in [7, 11) is 1.20. The molecule has 0 unspecified atom stereocenters. The van der Waals surface area contributed by atoms with E-state index in [1.165, 1.54) is 7.11 Å². The summed E-state index contributed by atoms with van der Waals surface area (Å²) in [4.78, 5) is 36.9. The van der Waals surface area contributed by atoms with Gasteiger partial charge in [-0.05, 0) is 23.3 Å². The van der Waals surface area contributed by atoms with Crippen LogP contribution < -0.4 is 10.6 Å². The molecule has 0 saturated heterocycles. The van der Waals surface area contributed by atoms with Gasteiger partial charge >= 0.3 is 12.1 Å². The van der Waals surface area contributed by atoms with Gasteiger partial charge in [-0.25, -0.2) is 9.59 Å². The van der Waals surface area contributed by atoms with E-state index in [2.05, 4.69) is 15.8 Å². The lowest BCUT2D eigenvalue weighted by Gasteiger charge is -2.17. The van der Waals surface area contributed by atoms with Crippen molar-refractivity contribution >= 4 is 18.0 Å². The molecular formula is C24H25N3O6. The van der Waals surface area contributed by atoms with Crippen molar-refractivity contribution in [2.45, 2.75) is 26.0 Å². The summed E-state index contributed by atoms with van der Waals surface area (Å²) in [5, 5.41) is 8.88. The van der Waals surface area contributed by atoms with Crippen LogP contribution in [0.5, 0.6) is 0 Å². The van der Waals surface area contributed by atoms with Gasteiger partial charge in [-0.1, -0.05) is 54.5 Å². The van der Waals surface area contributed by atoms with Gasteiger partial charge in [0.15, 0.2) is 0 Å². The Labute approximate surface area is 191 Å². The number of aryl methyl sites for hydroxylation is 1. The number of benzene rings is 2. The van der Waals surface area contributed by atoms with Crippen molar-refractivity contribution in [2.24, 2.45) is 0 Å². The molecule has 3 aromatic rings.